The standard InChI is InChI=1S/C13H14O3/c1-4-7-10-8-6-9-11(15-3)13(10)16-12(14)5-2/h4-9H,2H2,1,3H3/b7-4-. The zero-order valence-electron chi connectivity index (χ0n) is 9.40. The largest absolute Gasteiger partial charge is 0.493 e. The van der Waals surface area contributed by atoms with E-state index in [-0.39, 0.29) is 0 Å². The Morgan fingerprint density at radius 1 is 1.44 bits per heavy atom. The van der Waals surface area contributed by atoms with Crippen LogP contribution in [0.3, 0.4) is 0 Å². The van der Waals surface area contributed by atoms with Crippen LogP contribution in [0, 0.1) is 0 Å². The van der Waals surface area contributed by atoms with E-state index in [1.807, 2.05) is 31.2 Å². The van der Waals surface area contributed by atoms with E-state index in [9.17, 15) is 4.79 Å². The fourth-order valence-corrected chi connectivity index (χ4v) is 1.26. The number of benzene rings is 1. The summed E-state index contributed by atoms with van der Waals surface area (Å²) < 4.78 is 10.3. The fourth-order valence-electron chi connectivity index (χ4n) is 1.26. The molecule has 0 aliphatic rings. The number of carbonyl (C=O) groups is 1. The van der Waals surface area contributed by atoms with E-state index in [1.165, 1.54) is 7.11 Å². The number of esters is 1. The van der Waals surface area contributed by atoms with Crippen molar-refractivity contribution in [3.63, 3.8) is 0 Å². The van der Waals surface area contributed by atoms with Crippen molar-refractivity contribution in [2.75, 3.05) is 7.11 Å². The van der Waals surface area contributed by atoms with Crippen molar-refractivity contribution in [2.24, 2.45) is 0 Å². The van der Waals surface area contributed by atoms with Crippen LogP contribution in [0.25, 0.3) is 6.08 Å². The Labute approximate surface area is 95.0 Å². The van der Waals surface area contributed by atoms with E-state index in [1.54, 1.807) is 6.07 Å². The van der Waals surface area contributed by atoms with Crippen molar-refractivity contribution in [1.29, 1.82) is 0 Å². The van der Waals surface area contributed by atoms with Gasteiger partial charge >= 0.3 is 5.97 Å². The lowest BCUT2D eigenvalue weighted by atomic mass is 10.1. The third-order valence-electron chi connectivity index (χ3n) is 1.94. The van der Waals surface area contributed by atoms with Crippen molar-refractivity contribution in [3.8, 4) is 11.5 Å². The lowest BCUT2D eigenvalue weighted by Gasteiger charge is -2.10. The van der Waals surface area contributed by atoms with Crippen LogP contribution in [-0.4, -0.2) is 13.1 Å². The number of rotatable bonds is 4. The molecule has 0 spiro atoms. The maximum atomic E-state index is 11.2. The number of allylic oxidation sites excluding steroid dienone is 1. The second-order valence-electron chi connectivity index (χ2n) is 3.00. The smallest absolute Gasteiger partial charge is 0.335 e. The predicted octanol–water partition coefficient (Wildman–Crippen LogP) is 2.82. The van der Waals surface area contributed by atoms with Crippen molar-refractivity contribution in [1.82, 2.24) is 0 Å². The highest BCUT2D eigenvalue weighted by atomic mass is 16.6. The molecule has 16 heavy (non-hydrogen) atoms. The van der Waals surface area contributed by atoms with E-state index in [4.69, 9.17) is 9.47 Å². The second kappa shape index (κ2) is 5.75. The third kappa shape index (κ3) is 2.73. The second-order valence-corrected chi connectivity index (χ2v) is 3.00. The van der Waals surface area contributed by atoms with Crippen LogP contribution in [-0.2, 0) is 4.79 Å². The molecule has 0 saturated heterocycles. The van der Waals surface area contributed by atoms with Gasteiger partial charge in [-0.3, -0.25) is 0 Å². The molecule has 0 amide bonds. The van der Waals surface area contributed by atoms with Crippen LogP contribution in [0.4, 0.5) is 0 Å². The van der Waals surface area contributed by atoms with Crippen LogP contribution >= 0.6 is 0 Å². The molecule has 1 aromatic rings. The van der Waals surface area contributed by atoms with Gasteiger partial charge in [0.15, 0.2) is 11.5 Å². The maximum absolute atomic E-state index is 11.2. The van der Waals surface area contributed by atoms with Crippen molar-refractivity contribution >= 4 is 12.0 Å². The van der Waals surface area contributed by atoms with Crippen molar-refractivity contribution in [2.45, 2.75) is 6.92 Å². The number of methoxy groups -OCH3 is 1. The molecule has 84 valence electrons. The van der Waals surface area contributed by atoms with E-state index in [0.29, 0.717) is 11.5 Å². The summed E-state index contributed by atoms with van der Waals surface area (Å²) in [7, 11) is 1.53. The molecule has 0 saturated carbocycles. The minimum atomic E-state index is -0.504. The molecule has 0 aliphatic heterocycles. The Morgan fingerprint density at radius 3 is 2.75 bits per heavy atom. The minimum Gasteiger partial charge on any atom is -0.493 e. The molecule has 0 atom stereocenters. The summed E-state index contributed by atoms with van der Waals surface area (Å²) >= 11 is 0. The normalized spacial score (nSPS) is 10.1. The van der Waals surface area contributed by atoms with E-state index < -0.39 is 5.97 Å². The van der Waals surface area contributed by atoms with Crippen LogP contribution in [0.2, 0.25) is 0 Å². The molecule has 0 radical (unpaired) electrons. The molecule has 0 heterocycles. The lowest BCUT2D eigenvalue weighted by molar-refractivity contribution is -0.129. The first-order valence-corrected chi connectivity index (χ1v) is 4.87. The van der Waals surface area contributed by atoms with Gasteiger partial charge in [0.1, 0.15) is 0 Å². The average Bonchev–Trinajstić information content (AvgIpc) is 2.31. The number of hydrogen-bond acceptors (Lipinski definition) is 3. The summed E-state index contributed by atoms with van der Waals surface area (Å²) in [5, 5.41) is 0. The molecular weight excluding hydrogens is 204 g/mol. The molecule has 0 aromatic heterocycles. The van der Waals surface area contributed by atoms with E-state index >= 15 is 0 Å². The molecule has 3 heteroatoms. The van der Waals surface area contributed by atoms with Gasteiger partial charge in [-0.15, -0.1) is 0 Å². The monoisotopic (exact) mass is 218 g/mol. The Morgan fingerprint density at radius 2 is 2.19 bits per heavy atom. The SMILES string of the molecule is C=CC(=O)Oc1c(/C=C\C)cccc1OC. The average molecular weight is 218 g/mol. The quantitative estimate of drug-likeness (QED) is 0.443. The summed E-state index contributed by atoms with van der Waals surface area (Å²) in [5.41, 5.74) is 0.789. The van der Waals surface area contributed by atoms with Gasteiger partial charge < -0.3 is 9.47 Å². The molecule has 3 nitrogen and oxygen atoms in total. The predicted molar refractivity (Wildman–Crippen MR) is 63.5 cm³/mol. The van der Waals surface area contributed by atoms with Crippen LogP contribution in [0.15, 0.2) is 36.9 Å². The lowest BCUT2D eigenvalue weighted by Crippen LogP contribution is -2.05. The zero-order chi connectivity index (χ0) is 12.0. The molecule has 0 aliphatic carbocycles. The highest BCUT2D eigenvalue weighted by Crippen LogP contribution is 2.32. The third-order valence-corrected chi connectivity index (χ3v) is 1.94. The summed E-state index contributed by atoms with van der Waals surface area (Å²) in [6, 6.07) is 5.41. The summed E-state index contributed by atoms with van der Waals surface area (Å²) in [6.45, 7) is 5.24. The van der Waals surface area contributed by atoms with E-state index in [2.05, 4.69) is 6.58 Å². The van der Waals surface area contributed by atoms with Crippen LogP contribution in [0.1, 0.15) is 12.5 Å². The molecule has 1 rings (SSSR count). The maximum Gasteiger partial charge on any atom is 0.335 e. The summed E-state index contributed by atoms with van der Waals surface area (Å²) in [5.74, 6) is 0.425. The van der Waals surface area contributed by atoms with Gasteiger partial charge in [-0.05, 0) is 13.0 Å². The van der Waals surface area contributed by atoms with Gasteiger partial charge in [0, 0.05) is 11.6 Å². The summed E-state index contributed by atoms with van der Waals surface area (Å²) in [4.78, 5) is 11.2. The first-order valence-electron chi connectivity index (χ1n) is 4.87. The van der Waals surface area contributed by atoms with Crippen LogP contribution < -0.4 is 9.47 Å². The Bertz CT molecular complexity index is 419. The van der Waals surface area contributed by atoms with Crippen molar-refractivity contribution < 1.29 is 14.3 Å². The molecular formula is C13H14O3. The minimum absolute atomic E-state index is 0.410. The number of carbonyl (C=O) groups excluding carboxylic acids is 1. The highest BCUT2D eigenvalue weighted by Gasteiger charge is 2.11. The first kappa shape index (κ1) is 12.0. The van der Waals surface area contributed by atoms with Gasteiger partial charge in [-0.1, -0.05) is 30.9 Å². The van der Waals surface area contributed by atoms with E-state index in [0.717, 1.165) is 11.6 Å². The van der Waals surface area contributed by atoms with Crippen LogP contribution in [0.5, 0.6) is 11.5 Å². The van der Waals surface area contributed by atoms with Crippen molar-refractivity contribution in [3.05, 3.63) is 42.5 Å². The molecule has 0 N–H and O–H groups in total. The molecule has 0 bridgehead atoms. The molecule has 0 fully saturated rings. The number of hydrogen-bond donors (Lipinski definition) is 0. The van der Waals surface area contributed by atoms with Gasteiger partial charge in [0.25, 0.3) is 0 Å². The van der Waals surface area contributed by atoms with Gasteiger partial charge in [0.05, 0.1) is 7.11 Å². The molecule has 1 aromatic carbocycles. The Balaban J connectivity index is 3.18. The zero-order valence-corrected chi connectivity index (χ0v) is 9.40. The number of para-hydroxylation sites is 1. The van der Waals surface area contributed by atoms with Gasteiger partial charge in [0.2, 0.25) is 0 Å². The Hall–Kier alpha value is -2.03. The number of ether oxygens (including phenoxy) is 2. The van der Waals surface area contributed by atoms with Gasteiger partial charge in [-0.25, -0.2) is 4.79 Å². The Kier molecular flexibility index (Phi) is 4.33. The highest BCUT2D eigenvalue weighted by molar-refractivity contribution is 5.85. The first-order chi connectivity index (χ1) is 7.72. The summed E-state index contributed by atoms with van der Waals surface area (Å²) in [6.07, 6.45) is 4.82. The van der Waals surface area contributed by atoms with Gasteiger partial charge in [-0.2, -0.15) is 0 Å². The fraction of sp³-hybridized carbons (Fsp3) is 0.154. The molecule has 0 unspecified atom stereocenters. The topological polar surface area (TPSA) is 35.5 Å².